The number of rotatable bonds is 10. The lowest BCUT2D eigenvalue weighted by atomic mass is 9.48. The van der Waals surface area contributed by atoms with Gasteiger partial charge in [0.2, 0.25) is 0 Å². The van der Waals surface area contributed by atoms with E-state index >= 15 is 0 Å². The van der Waals surface area contributed by atoms with Crippen LogP contribution in [-0.4, -0.2) is 17.9 Å². The largest absolute Gasteiger partial charge is 0.462 e. The Bertz CT molecular complexity index is 807. The number of esters is 1. The number of carbonyl (C=O) groups excluding carboxylic acids is 2. The van der Waals surface area contributed by atoms with Gasteiger partial charge in [-0.25, -0.2) is 0 Å². The first-order chi connectivity index (χ1) is 15.9. The molecule has 1 unspecified atom stereocenters. The summed E-state index contributed by atoms with van der Waals surface area (Å²) in [6.07, 6.45) is 23.4. The lowest BCUT2D eigenvalue weighted by Crippen LogP contribution is -2.51. The summed E-state index contributed by atoms with van der Waals surface area (Å²) >= 11 is 0. The molecular formula is C30H44O3. The fraction of sp³-hybridized carbons (Fsp3) is 0.733. The molecule has 4 aliphatic carbocycles. The normalized spacial score (nSPS) is 37.0. The number of fused-ring (bicyclic) bond motifs is 5. The maximum Gasteiger partial charge on any atom is 0.306 e. The van der Waals surface area contributed by atoms with E-state index in [4.69, 9.17) is 4.74 Å². The molecular weight excluding hydrogens is 408 g/mol. The van der Waals surface area contributed by atoms with Crippen LogP contribution in [-0.2, 0) is 14.3 Å². The molecule has 0 heterocycles. The predicted molar refractivity (Wildman–Crippen MR) is 134 cm³/mol. The van der Waals surface area contributed by atoms with Crippen molar-refractivity contribution in [3.63, 3.8) is 0 Å². The molecule has 0 aromatic carbocycles. The molecule has 0 bridgehead atoms. The van der Waals surface area contributed by atoms with Crippen LogP contribution >= 0.6 is 0 Å². The van der Waals surface area contributed by atoms with Gasteiger partial charge in [0.1, 0.15) is 6.10 Å². The second kappa shape index (κ2) is 10.3. The first kappa shape index (κ1) is 24.5. The first-order valence-electron chi connectivity index (χ1n) is 13.6. The first-order valence-corrected chi connectivity index (χ1v) is 13.6. The molecule has 0 amide bonds. The standard InChI is InChI=1S/C30H44O3/c1-4-5-6-7-8-9-10-11-12-28(32)33-27-16-15-25-24-14-13-22-21-23(31)17-19-29(22,2)26(24)18-20-30(25,27)3/h4,17,19,21,24-27H,1,5-16,18,20H2,2-3H3/t24-,25+,26?,27-,29+,30+/m1/s1. The van der Waals surface area contributed by atoms with Crippen molar-refractivity contribution in [2.75, 3.05) is 0 Å². The molecule has 182 valence electrons. The van der Waals surface area contributed by atoms with Gasteiger partial charge in [-0.2, -0.15) is 0 Å². The molecule has 3 heteroatoms. The van der Waals surface area contributed by atoms with E-state index in [2.05, 4.69) is 26.5 Å². The minimum atomic E-state index is 0.0187. The van der Waals surface area contributed by atoms with Crippen molar-refractivity contribution in [2.45, 2.75) is 110 Å². The van der Waals surface area contributed by atoms with Crippen LogP contribution in [0, 0.1) is 28.6 Å². The van der Waals surface area contributed by atoms with E-state index in [1.165, 1.54) is 50.5 Å². The Hall–Kier alpha value is -1.64. The van der Waals surface area contributed by atoms with E-state index in [1.807, 2.05) is 12.2 Å². The third-order valence-electron chi connectivity index (χ3n) is 9.78. The van der Waals surface area contributed by atoms with Crippen molar-refractivity contribution < 1.29 is 14.3 Å². The molecule has 0 radical (unpaired) electrons. The highest BCUT2D eigenvalue weighted by Crippen LogP contribution is 2.64. The zero-order valence-corrected chi connectivity index (χ0v) is 21.0. The molecule has 3 nitrogen and oxygen atoms in total. The van der Waals surface area contributed by atoms with Gasteiger partial charge in [0.05, 0.1) is 0 Å². The summed E-state index contributed by atoms with van der Waals surface area (Å²) in [7, 11) is 0. The Kier molecular flexibility index (Phi) is 7.66. The van der Waals surface area contributed by atoms with E-state index in [9.17, 15) is 9.59 Å². The number of allylic oxidation sites excluding steroid dienone is 5. The van der Waals surface area contributed by atoms with Gasteiger partial charge in [-0.15, -0.1) is 6.58 Å². The topological polar surface area (TPSA) is 43.4 Å². The van der Waals surface area contributed by atoms with Gasteiger partial charge in [0.15, 0.2) is 5.78 Å². The summed E-state index contributed by atoms with van der Waals surface area (Å²) in [6, 6.07) is 0. The molecule has 0 saturated heterocycles. The lowest BCUT2D eigenvalue weighted by Gasteiger charge is -2.56. The van der Waals surface area contributed by atoms with E-state index in [1.54, 1.807) is 6.08 Å². The Labute approximate surface area is 201 Å². The monoisotopic (exact) mass is 452 g/mol. The van der Waals surface area contributed by atoms with Crippen LogP contribution in [0.4, 0.5) is 0 Å². The Morgan fingerprint density at radius 2 is 1.82 bits per heavy atom. The van der Waals surface area contributed by atoms with Crippen LogP contribution in [0.5, 0.6) is 0 Å². The van der Waals surface area contributed by atoms with Gasteiger partial charge in [-0.05, 0) is 87.7 Å². The Balaban J connectivity index is 1.28. The molecule has 0 N–H and O–H groups in total. The van der Waals surface area contributed by atoms with Gasteiger partial charge < -0.3 is 4.74 Å². The Morgan fingerprint density at radius 3 is 2.61 bits per heavy atom. The minimum absolute atomic E-state index is 0.0187. The van der Waals surface area contributed by atoms with Gasteiger partial charge in [0.25, 0.3) is 0 Å². The third-order valence-corrected chi connectivity index (χ3v) is 9.78. The second-order valence-electron chi connectivity index (χ2n) is 11.7. The van der Waals surface area contributed by atoms with Gasteiger partial charge >= 0.3 is 5.97 Å². The van der Waals surface area contributed by atoms with Crippen LogP contribution in [0.2, 0.25) is 0 Å². The van der Waals surface area contributed by atoms with Crippen molar-refractivity contribution in [1.82, 2.24) is 0 Å². The smallest absolute Gasteiger partial charge is 0.306 e. The van der Waals surface area contributed by atoms with Crippen molar-refractivity contribution in [3.05, 3.63) is 36.5 Å². The fourth-order valence-electron chi connectivity index (χ4n) is 7.83. The van der Waals surface area contributed by atoms with Crippen LogP contribution in [0.3, 0.4) is 0 Å². The summed E-state index contributed by atoms with van der Waals surface area (Å²) in [4.78, 5) is 24.6. The van der Waals surface area contributed by atoms with Crippen molar-refractivity contribution in [1.29, 1.82) is 0 Å². The molecule has 3 fully saturated rings. The van der Waals surface area contributed by atoms with Crippen molar-refractivity contribution >= 4 is 11.8 Å². The molecule has 4 aliphatic rings. The zero-order chi connectivity index (χ0) is 23.5. The van der Waals surface area contributed by atoms with Crippen LogP contribution < -0.4 is 0 Å². The second-order valence-corrected chi connectivity index (χ2v) is 11.7. The molecule has 33 heavy (non-hydrogen) atoms. The summed E-state index contributed by atoms with van der Waals surface area (Å²) in [5.41, 5.74) is 1.51. The quantitative estimate of drug-likeness (QED) is 0.196. The van der Waals surface area contributed by atoms with E-state index < -0.39 is 0 Å². The maximum atomic E-state index is 12.7. The summed E-state index contributed by atoms with van der Waals surface area (Å²) in [5, 5.41) is 0. The van der Waals surface area contributed by atoms with Crippen LogP contribution in [0.1, 0.15) is 104 Å². The van der Waals surface area contributed by atoms with Crippen molar-refractivity contribution in [3.8, 4) is 0 Å². The number of unbranched alkanes of at least 4 members (excludes halogenated alkanes) is 6. The number of carbonyl (C=O) groups is 2. The SMILES string of the molecule is C=CCCCCCCCCC(=O)O[C@@H]1CC[C@H]2[C@H]3CCC4=CC(=O)C=C[C@]4(C)C3CC[C@]12C. The predicted octanol–water partition coefficient (Wildman–Crippen LogP) is 7.51. The van der Waals surface area contributed by atoms with Gasteiger partial charge in [0, 0.05) is 17.3 Å². The van der Waals surface area contributed by atoms with Gasteiger partial charge in [-0.3, -0.25) is 9.59 Å². The van der Waals surface area contributed by atoms with E-state index in [0.29, 0.717) is 24.2 Å². The average molecular weight is 453 g/mol. The summed E-state index contributed by atoms with van der Waals surface area (Å²) < 4.78 is 6.15. The number of ether oxygens (including phenoxy) is 1. The third kappa shape index (κ3) is 4.93. The summed E-state index contributed by atoms with van der Waals surface area (Å²) in [6.45, 7) is 8.53. The van der Waals surface area contributed by atoms with Crippen LogP contribution in [0.15, 0.2) is 36.5 Å². The highest BCUT2D eigenvalue weighted by molar-refractivity contribution is 6.01. The maximum absolute atomic E-state index is 12.7. The van der Waals surface area contributed by atoms with Crippen LogP contribution in [0.25, 0.3) is 0 Å². The highest BCUT2D eigenvalue weighted by atomic mass is 16.5. The molecule has 0 aliphatic heterocycles. The number of ketones is 1. The van der Waals surface area contributed by atoms with E-state index in [0.717, 1.165) is 38.5 Å². The number of hydrogen-bond acceptors (Lipinski definition) is 3. The molecule has 0 aromatic heterocycles. The fourth-order valence-corrected chi connectivity index (χ4v) is 7.83. The molecule has 4 rings (SSSR count). The summed E-state index contributed by atoms with van der Waals surface area (Å²) in [5.74, 6) is 2.09. The molecule has 0 spiro atoms. The molecule has 6 atom stereocenters. The van der Waals surface area contributed by atoms with E-state index in [-0.39, 0.29) is 28.7 Å². The Morgan fingerprint density at radius 1 is 1.06 bits per heavy atom. The molecule has 3 saturated carbocycles. The molecule has 0 aromatic rings. The average Bonchev–Trinajstić information content (AvgIpc) is 3.12. The lowest BCUT2D eigenvalue weighted by molar-refractivity contribution is -0.159. The van der Waals surface area contributed by atoms with Crippen molar-refractivity contribution in [2.24, 2.45) is 28.6 Å². The highest BCUT2D eigenvalue weighted by Gasteiger charge is 2.59. The zero-order valence-electron chi connectivity index (χ0n) is 21.0. The van der Waals surface area contributed by atoms with Gasteiger partial charge in [-0.1, -0.05) is 57.3 Å². The number of hydrogen-bond donors (Lipinski definition) is 0. The minimum Gasteiger partial charge on any atom is -0.462 e.